The second-order valence-corrected chi connectivity index (χ2v) is 5.20. The summed E-state index contributed by atoms with van der Waals surface area (Å²) >= 11 is 0. The van der Waals surface area contributed by atoms with Crippen molar-refractivity contribution in [1.29, 1.82) is 0 Å². The first-order valence-electron chi connectivity index (χ1n) is 6.82. The average Bonchev–Trinajstić information content (AvgIpc) is 2.80. The van der Waals surface area contributed by atoms with Crippen LogP contribution in [0.1, 0.15) is 31.4 Å². The highest BCUT2D eigenvalue weighted by Crippen LogP contribution is 2.23. The van der Waals surface area contributed by atoms with Crippen molar-refractivity contribution in [2.24, 2.45) is 13.0 Å². The molecule has 1 fully saturated rings. The molecule has 1 heterocycles. The van der Waals surface area contributed by atoms with Crippen LogP contribution in [0.4, 0.5) is 4.79 Å². The highest BCUT2D eigenvalue weighted by molar-refractivity contribution is 5.73. The van der Waals surface area contributed by atoms with Crippen molar-refractivity contribution in [3.63, 3.8) is 0 Å². The van der Waals surface area contributed by atoms with Crippen LogP contribution in [-0.4, -0.2) is 33.6 Å². The first-order chi connectivity index (χ1) is 9.15. The minimum absolute atomic E-state index is 0.165. The minimum atomic E-state index is -0.196. The normalized spacial score (nSPS) is 23.1. The van der Waals surface area contributed by atoms with Gasteiger partial charge in [0.25, 0.3) is 0 Å². The molecule has 0 aromatic carbocycles. The molecule has 2 amide bonds. The molecule has 0 radical (unpaired) electrons. The molecule has 1 aliphatic rings. The van der Waals surface area contributed by atoms with Crippen molar-refractivity contribution < 1.29 is 9.90 Å². The molecule has 1 aliphatic carbocycles. The Morgan fingerprint density at radius 2 is 2.37 bits per heavy atom. The summed E-state index contributed by atoms with van der Waals surface area (Å²) in [5, 5.41) is 19.3. The summed E-state index contributed by atoms with van der Waals surface area (Å²) in [6.45, 7) is 1.10. The number of carbonyl (C=O) groups excluding carboxylic acids is 1. The predicted molar refractivity (Wildman–Crippen MR) is 71.4 cm³/mol. The number of hydrogen-bond acceptors (Lipinski definition) is 3. The van der Waals surface area contributed by atoms with E-state index in [1.54, 1.807) is 10.9 Å². The van der Waals surface area contributed by atoms with Gasteiger partial charge in [0, 0.05) is 19.8 Å². The van der Waals surface area contributed by atoms with Crippen LogP contribution in [-0.2, 0) is 13.6 Å². The number of aromatic nitrogens is 2. The molecule has 106 valence electrons. The average molecular weight is 266 g/mol. The molecular formula is C13H22N4O2. The third-order valence-corrected chi connectivity index (χ3v) is 3.66. The molecule has 3 N–H and O–H groups in total. The molecule has 6 nitrogen and oxygen atoms in total. The van der Waals surface area contributed by atoms with E-state index < -0.39 is 0 Å². The Morgan fingerprint density at radius 3 is 3.05 bits per heavy atom. The summed E-state index contributed by atoms with van der Waals surface area (Å²) in [6, 6.07) is 1.71. The Hall–Kier alpha value is -1.56. The van der Waals surface area contributed by atoms with Gasteiger partial charge in [-0.05, 0) is 31.2 Å². The summed E-state index contributed by atoms with van der Waals surface area (Å²) in [7, 11) is 1.85. The van der Waals surface area contributed by atoms with Gasteiger partial charge in [0.1, 0.15) is 0 Å². The highest BCUT2D eigenvalue weighted by Gasteiger charge is 2.20. The van der Waals surface area contributed by atoms with Crippen LogP contribution in [0, 0.1) is 5.92 Å². The van der Waals surface area contributed by atoms with E-state index in [1.807, 2.05) is 13.1 Å². The van der Waals surface area contributed by atoms with Crippen LogP contribution in [0.5, 0.6) is 0 Å². The quantitative estimate of drug-likeness (QED) is 0.753. The zero-order chi connectivity index (χ0) is 13.7. The van der Waals surface area contributed by atoms with Crippen molar-refractivity contribution in [3.8, 4) is 0 Å². The van der Waals surface area contributed by atoms with Crippen LogP contribution in [0.3, 0.4) is 0 Å². The smallest absolute Gasteiger partial charge is 0.315 e. The van der Waals surface area contributed by atoms with E-state index in [0.29, 0.717) is 19.0 Å². The van der Waals surface area contributed by atoms with E-state index >= 15 is 0 Å². The maximum atomic E-state index is 11.7. The summed E-state index contributed by atoms with van der Waals surface area (Å²) in [5.74, 6) is 0.395. The lowest BCUT2D eigenvalue weighted by Crippen LogP contribution is -2.39. The molecule has 6 heteroatoms. The summed E-state index contributed by atoms with van der Waals surface area (Å²) < 4.78 is 1.73. The molecule has 1 aromatic heterocycles. The molecule has 19 heavy (non-hydrogen) atoms. The summed E-state index contributed by atoms with van der Waals surface area (Å²) in [4.78, 5) is 11.7. The molecule has 0 saturated heterocycles. The molecule has 1 aromatic rings. The van der Waals surface area contributed by atoms with E-state index in [4.69, 9.17) is 0 Å². The number of aliphatic hydroxyl groups excluding tert-OH is 1. The number of carbonyl (C=O) groups is 1. The second kappa shape index (κ2) is 6.56. The van der Waals surface area contributed by atoms with Gasteiger partial charge in [0.05, 0.1) is 18.3 Å². The highest BCUT2D eigenvalue weighted by atomic mass is 16.3. The fraction of sp³-hybridized carbons (Fsp3) is 0.692. The number of aryl methyl sites for hydroxylation is 1. The molecular weight excluding hydrogens is 244 g/mol. The van der Waals surface area contributed by atoms with Crippen molar-refractivity contribution >= 4 is 6.03 Å². The van der Waals surface area contributed by atoms with E-state index in [9.17, 15) is 9.90 Å². The van der Waals surface area contributed by atoms with Crippen molar-refractivity contribution in [1.82, 2.24) is 20.4 Å². The fourth-order valence-corrected chi connectivity index (χ4v) is 2.49. The molecule has 2 unspecified atom stereocenters. The molecule has 0 bridgehead atoms. The fourth-order valence-electron chi connectivity index (χ4n) is 2.49. The maximum absolute atomic E-state index is 11.7. The van der Waals surface area contributed by atoms with E-state index in [-0.39, 0.29) is 12.1 Å². The number of nitrogens with zero attached hydrogens (tertiary/aromatic N) is 2. The molecule has 0 spiro atoms. The molecule has 2 atom stereocenters. The Bertz CT molecular complexity index is 419. The standard InChI is InChI=1S/C13H22N4O2/c1-17-11(5-6-16-17)9-15-13(19)14-8-10-3-2-4-12(18)7-10/h5-6,10,12,18H,2-4,7-9H2,1H3,(H2,14,15,19). The third kappa shape index (κ3) is 4.24. The number of amides is 2. The van der Waals surface area contributed by atoms with Gasteiger partial charge < -0.3 is 15.7 Å². The number of aliphatic hydroxyl groups is 1. The van der Waals surface area contributed by atoms with Gasteiger partial charge in [-0.3, -0.25) is 4.68 Å². The topological polar surface area (TPSA) is 79.2 Å². The molecule has 2 rings (SSSR count). The van der Waals surface area contributed by atoms with Crippen LogP contribution < -0.4 is 10.6 Å². The number of rotatable bonds is 4. The van der Waals surface area contributed by atoms with Gasteiger partial charge in [0.15, 0.2) is 0 Å². The van der Waals surface area contributed by atoms with Gasteiger partial charge >= 0.3 is 6.03 Å². The van der Waals surface area contributed by atoms with Crippen molar-refractivity contribution in [2.75, 3.05) is 6.54 Å². The first-order valence-corrected chi connectivity index (χ1v) is 6.82. The first kappa shape index (κ1) is 13.9. The number of hydrogen-bond donors (Lipinski definition) is 3. The lowest BCUT2D eigenvalue weighted by molar-refractivity contribution is 0.101. The van der Waals surface area contributed by atoms with Crippen LogP contribution in [0.15, 0.2) is 12.3 Å². The minimum Gasteiger partial charge on any atom is -0.393 e. The van der Waals surface area contributed by atoms with Gasteiger partial charge in [-0.25, -0.2) is 4.79 Å². The number of urea groups is 1. The molecule has 0 aliphatic heterocycles. The zero-order valence-corrected chi connectivity index (χ0v) is 11.3. The van der Waals surface area contributed by atoms with Crippen molar-refractivity contribution in [2.45, 2.75) is 38.3 Å². The lowest BCUT2D eigenvalue weighted by atomic mass is 9.87. The SMILES string of the molecule is Cn1nccc1CNC(=O)NCC1CCCC(O)C1. The number of nitrogens with one attached hydrogen (secondary N) is 2. The predicted octanol–water partition coefficient (Wildman–Crippen LogP) is 0.770. The van der Waals surface area contributed by atoms with E-state index in [0.717, 1.165) is 31.4 Å². The monoisotopic (exact) mass is 266 g/mol. The van der Waals surface area contributed by atoms with Gasteiger partial charge in [-0.2, -0.15) is 5.10 Å². The van der Waals surface area contributed by atoms with Gasteiger partial charge in [-0.15, -0.1) is 0 Å². The van der Waals surface area contributed by atoms with Crippen LogP contribution in [0.2, 0.25) is 0 Å². The summed E-state index contributed by atoms with van der Waals surface area (Å²) in [5.41, 5.74) is 0.961. The Morgan fingerprint density at radius 1 is 1.53 bits per heavy atom. The van der Waals surface area contributed by atoms with E-state index in [2.05, 4.69) is 15.7 Å². The van der Waals surface area contributed by atoms with Gasteiger partial charge in [-0.1, -0.05) is 6.42 Å². The lowest BCUT2D eigenvalue weighted by Gasteiger charge is -2.25. The molecule has 1 saturated carbocycles. The Labute approximate surface area is 113 Å². The van der Waals surface area contributed by atoms with Gasteiger partial charge in [0.2, 0.25) is 0 Å². The summed E-state index contributed by atoms with van der Waals surface area (Å²) in [6.07, 6.45) is 5.32. The second-order valence-electron chi connectivity index (χ2n) is 5.20. The van der Waals surface area contributed by atoms with Crippen molar-refractivity contribution in [3.05, 3.63) is 18.0 Å². The Kier molecular flexibility index (Phi) is 4.79. The third-order valence-electron chi connectivity index (χ3n) is 3.66. The zero-order valence-electron chi connectivity index (χ0n) is 11.3. The van der Waals surface area contributed by atoms with E-state index in [1.165, 1.54) is 0 Å². The van der Waals surface area contributed by atoms with Crippen LogP contribution >= 0.6 is 0 Å². The maximum Gasteiger partial charge on any atom is 0.315 e. The Balaban J connectivity index is 1.66. The largest absolute Gasteiger partial charge is 0.393 e. The van der Waals surface area contributed by atoms with Crippen LogP contribution in [0.25, 0.3) is 0 Å².